The average Bonchev–Trinajstić information content (AvgIpc) is 3.28. The Hall–Kier alpha value is -3.06. The summed E-state index contributed by atoms with van der Waals surface area (Å²) < 4.78 is 30.6. The van der Waals surface area contributed by atoms with Crippen LogP contribution < -0.4 is 21.5 Å². The summed E-state index contributed by atoms with van der Waals surface area (Å²) in [4.78, 5) is 16.6. The number of aromatic nitrogens is 1. The van der Waals surface area contributed by atoms with E-state index in [0.717, 1.165) is 15.8 Å². The van der Waals surface area contributed by atoms with Crippen LogP contribution in [0.4, 0.5) is 5.69 Å². The summed E-state index contributed by atoms with van der Waals surface area (Å²) in [6.07, 6.45) is 0.432. The maximum Gasteiger partial charge on any atom is 0.241 e. The van der Waals surface area contributed by atoms with Crippen LogP contribution in [-0.4, -0.2) is 31.7 Å². The molecule has 38 heavy (non-hydrogen) atoms. The number of nitrogens with zero attached hydrogens (tertiary/aromatic N) is 1. The van der Waals surface area contributed by atoms with Gasteiger partial charge in [0.2, 0.25) is 15.9 Å². The third-order valence-electron chi connectivity index (χ3n) is 5.38. The number of amides is 1. The lowest BCUT2D eigenvalue weighted by molar-refractivity contribution is -0.116. The number of sulfonamides is 1. The molecule has 7 N–H and O–H groups in total. The molecule has 0 fully saturated rings. The van der Waals surface area contributed by atoms with E-state index in [-0.39, 0.29) is 54.4 Å². The van der Waals surface area contributed by atoms with E-state index in [9.17, 15) is 13.2 Å². The smallest absolute Gasteiger partial charge is 0.241 e. The number of benzene rings is 3. The van der Waals surface area contributed by atoms with Crippen LogP contribution >= 0.6 is 36.2 Å². The number of rotatable bonds is 10. The normalized spacial score (nSPS) is 11.7. The molecule has 1 atom stereocenters. The largest absolute Gasteiger partial charge is 0.384 e. The number of para-hydroxylation sites is 1. The summed E-state index contributed by atoms with van der Waals surface area (Å²) in [5.74, 6) is -0.361. The molecule has 0 aliphatic heterocycles. The molecule has 1 aromatic heterocycles. The van der Waals surface area contributed by atoms with Crippen LogP contribution in [0.1, 0.15) is 28.6 Å². The molecule has 4 aromatic rings. The summed E-state index contributed by atoms with van der Waals surface area (Å²) in [6.45, 7) is 0.194. The minimum Gasteiger partial charge on any atom is -0.384 e. The van der Waals surface area contributed by atoms with E-state index in [1.165, 1.54) is 23.5 Å². The molecular weight excluding hydrogens is 567 g/mol. The predicted molar refractivity (Wildman–Crippen MR) is 157 cm³/mol. The van der Waals surface area contributed by atoms with Gasteiger partial charge in [0.05, 0.1) is 21.2 Å². The number of carbonyl (C=O) groups is 1. The van der Waals surface area contributed by atoms with Gasteiger partial charge < -0.3 is 16.8 Å². The van der Waals surface area contributed by atoms with Gasteiger partial charge in [0.25, 0.3) is 0 Å². The van der Waals surface area contributed by atoms with E-state index in [0.29, 0.717) is 22.7 Å². The molecule has 0 saturated carbocycles. The highest BCUT2D eigenvalue weighted by molar-refractivity contribution is 7.89. The number of thiazole rings is 1. The number of nitrogen functional groups attached to an aromatic ring is 1. The van der Waals surface area contributed by atoms with Crippen LogP contribution in [0.3, 0.4) is 0 Å². The molecule has 3 aromatic carbocycles. The van der Waals surface area contributed by atoms with Crippen molar-refractivity contribution in [1.82, 2.24) is 9.71 Å². The number of halogens is 2. The fraction of sp³-hybridized carbons (Fsp3) is 0.160. The van der Waals surface area contributed by atoms with Crippen molar-refractivity contribution >= 4 is 73.8 Å². The average molecular weight is 596 g/mol. The van der Waals surface area contributed by atoms with E-state index in [4.69, 9.17) is 16.9 Å². The van der Waals surface area contributed by atoms with Gasteiger partial charge in [0.1, 0.15) is 10.8 Å². The Morgan fingerprint density at radius 1 is 1.03 bits per heavy atom. The first-order valence-electron chi connectivity index (χ1n) is 11.2. The number of nitrogens with two attached hydrogens (primary N) is 2. The fourth-order valence-corrected chi connectivity index (χ4v) is 6.01. The molecule has 1 heterocycles. The molecule has 4 rings (SSSR count). The number of anilines is 1. The molecule has 1 unspecified atom stereocenters. The lowest BCUT2D eigenvalue weighted by Gasteiger charge is -2.18. The van der Waals surface area contributed by atoms with Gasteiger partial charge in [-0.25, -0.2) is 18.1 Å². The molecule has 0 saturated heterocycles. The van der Waals surface area contributed by atoms with Crippen molar-refractivity contribution in [2.75, 3.05) is 11.9 Å². The lowest BCUT2D eigenvalue weighted by Crippen LogP contribution is -2.30. The van der Waals surface area contributed by atoms with Crippen molar-refractivity contribution < 1.29 is 13.2 Å². The van der Waals surface area contributed by atoms with E-state index in [1.807, 2.05) is 30.3 Å². The number of hydrogen-bond donors (Lipinski definition) is 5. The maximum absolute atomic E-state index is 13.4. The Bertz CT molecular complexity index is 1500. The van der Waals surface area contributed by atoms with Gasteiger partial charge >= 0.3 is 0 Å². The van der Waals surface area contributed by atoms with Crippen LogP contribution in [0.25, 0.3) is 10.2 Å². The van der Waals surface area contributed by atoms with Crippen molar-refractivity contribution in [3.8, 4) is 0 Å². The Labute approximate surface area is 237 Å². The van der Waals surface area contributed by atoms with Gasteiger partial charge in [-0.2, -0.15) is 0 Å². The second kappa shape index (κ2) is 13.7. The Morgan fingerprint density at radius 3 is 2.47 bits per heavy atom. The first-order chi connectivity index (χ1) is 17.2. The standard InChI is InChI=1S/C25H26N6O3S2.2ClH/c26-12-11-23(32)29-18-7-4-8-19(15-18)36(33,34)31-21(14-16-5-3-6-17(13-16)24(27)28)25-30-20-9-1-2-10-22(20)35-25;;/h1-10,13,15,21,31H,11-12,14,26H2,(H3,27,28)(H,29,32);2*1H. The van der Waals surface area contributed by atoms with Gasteiger partial charge in [-0.3, -0.25) is 10.2 Å². The van der Waals surface area contributed by atoms with Gasteiger partial charge in [-0.1, -0.05) is 36.4 Å². The number of nitrogens with one attached hydrogen (secondary N) is 3. The van der Waals surface area contributed by atoms with Crippen LogP contribution in [0, 0.1) is 5.41 Å². The second-order valence-corrected chi connectivity index (χ2v) is 10.9. The molecule has 0 aliphatic rings. The quantitative estimate of drug-likeness (QED) is 0.138. The molecule has 0 bridgehead atoms. The molecule has 1 amide bonds. The van der Waals surface area contributed by atoms with Crippen LogP contribution in [0.15, 0.2) is 77.7 Å². The highest BCUT2D eigenvalue weighted by atomic mass is 35.5. The zero-order valence-corrected chi connectivity index (χ0v) is 23.4. The van der Waals surface area contributed by atoms with Crippen molar-refractivity contribution in [3.05, 3.63) is 88.9 Å². The van der Waals surface area contributed by atoms with Crippen molar-refractivity contribution in [1.29, 1.82) is 5.41 Å². The fourth-order valence-electron chi connectivity index (χ4n) is 3.67. The van der Waals surface area contributed by atoms with Crippen molar-refractivity contribution in [2.45, 2.75) is 23.8 Å². The van der Waals surface area contributed by atoms with Crippen LogP contribution in [0.5, 0.6) is 0 Å². The molecular formula is C25H28Cl2N6O3S2. The van der Waals surface area contributed by atoms with Crippen LogP contribution in [-0.2, 0) is 21.2 Å². The summed E-state index contributed by atoms with van der Waals surface area (Å²) in [5.41, 5.74) is 13.6. The first-order valence-corrected chi connectivity index (χ1v) is 13.5. The maximum atomic E-state index is 13.4. The molecule has 0 radical (unpaired) electrons. The topological polar surface area (TPSA) is 164 Å². The van der Waals surface area contributed by atoms with Gasteiger partial charge in [-0.15, -0.1) is 36.2 Å². The molecule has 13 heteroatoms. The predicted octanol–water partition coefficient (Wildman–Crippen LogP) is 3.97. The van der Waals surface area contributed by atoms with Crippen molar-refractivity contribution in [3.63, 3.8) is 0 Å². The lowest BCUT2D eigenvalue weighted by atomic mass is 10.0. The highest BCUT2D eigenvalue weighted by Crippen LogP contribution is 2.30. The summed E-state index contributed by atoms with van der Waals surface area (Å²) in [5, 5.41) is 11.0. The van der Waals surface area contributed by atoms with E-state index in [1.54, 1.807) is 30.3 Å². The zero-order chi connectivity index (χ0) is 25.7. The monoisotopic (exact) mass is 594 g/mol. The second-order valence-electron chi connectivity index (χ2n) is 8.13. The Kier molecular flexibility index (Phi) is 11.2. The third-order valence-corrected chi connectivity index (χ3v) is 8.00. The minimum atomic E-state index is -3.99. The van der Waals surface area contributed by atoms with Gasteiger partial charge in [0, 0.05) is 24.2 Å². The number of amidine groups is 1. The molecule has 202 valence electrons. The molecule has 9 nitrogen and oxygen atoms in total. The third kappa shape index (κ3) is 7.73. The number of carbonyl (C=O) groups excluding carboxylic acids is 1. The van der Waals surface area contributed by atoms with Crippen LogP contribution in [0.2, 0.25) is 0 Å². The highest BCUT2D eigenvalue weighted by Gasteiger charge is 2.25. The summed E-state index contributed by atoms with van der Waals surface area (Å²) in [7, 11) is -3.99. The molecule has 0 spiro atoms. The van der Waals surface area contributed by atoms with Crippen molar-refractivity contribution in [2.24, 2.45) is 11.5 Å². The van der Waals surface area contributed by atoms with E-state index in [2.05, 4.69) is 15.0 Å². The Balaban J connectivity index is 0.00000253. The Morgan fingerprint density at radius 2 is 1.76 bits per heavy atom. The minimum absolute atomic E-state index is 0. The first kappa shape index (κ1) is 31.2. The summed E-state index contributed by atoms with van der Waals surface area (Å²) >= 11 is 1.41. The SMILES string of the molecule is Cl.Cl.N=C(N)c1cccc(CC(NS(=O)(=O)c2cccc(NC(=O)CCN)c2)c2nc3ccccc3s2)c1. The number of fused-ring (bicyclic) bond motifs is 1. The van der Waals surface area contributed by atoms with Gasteiger partial charge in [0.15, 0.2) is 0 Å². The van der Waals surface area contributed by atoms with E-state index < -0.39 is 16.1 Å². The van der Waals surface area contributed by atoms with E-state index >= 15 is 0 Å². The zero-order valence-electron chi connectivity index (χ0n) is 20.1. The summed E-state index contributed by atoms with van der Waals surface area (Å²) in [6, 6.07) is 20.1. The molecule has 0 aliphatic carbocycles. The number of hydrogen-bond acceptors (Lipinski definition) is 7. The van der Waals surface area contributed by atoms with Gasteiger partial charge in [-0.05, 0) is 48.4 Å².